The third-order valence-electron chi connectivity index (χ3n) is 7.23. The zero-order valence-electron chi connectivity index (χ0n) is 21.3. The first-order valence-electron chi connectivity index (χ1n) is 12.7. The van der Waals surface area contributed by atoms with Crippen LogP contribution in [0.3, 0.4) is 0 Å². The summed E-state index contributed by atoms with van der Waals surface area (Å²) in [6.45, 7) is 1.37. The van der Waals surface area contributed by atoms with Crippen LogP contribution in [0.4, 0.5) is 0 Å². The van der Waals surface area contributed by atoms with Crippen LogP contribution in [0, 0.1) is 0 Å². The van der Waals surface area contributed by atoms with E-state index in [2.05, 4.69) is 5.32 Å². The fourth-order valence-corrected chi connectivity index (χ4v) is 5.82. The molecule has 1 spiro atoms. The molecule has 2 aliphatic rings. The Morgan fingerprint density at radius 3 is 2.42 bits per heavy atom. The molecular formula is C29H31N3O5S. The zero-order chi connectivity index (χ0) is 26.5. The average Bonchev–Trinajstić information content (AvgIpc) is 3.60. The van der Waals surface area contributed by atoms with E-state index in [0.717, 1.165) is 10.4 Å². The maximum atomic E-state index is 13.9. The molecule has 5 rings (SSSR count). The number of hydrogen-bond acceptors (Lipinski definition) is 6. The van der Waals surface area contributed by atoms with Gasteiger partial charge in [0.05, 0.1) is 20.1 Å². The van der Waals surface area contributed by atoms with E-state index < -0.39 is 11.8 Å². The Morgan fingerprint density at radius 1 is 1.03 bits per heavy atom. The van der Waals surface area contributed by atoms with Crippen molar-refractivity contribution < 1.29 is 23.9 Å². The van der Waals surface area contributed by atoms with E-state index >= 15 is 0 Å². The van der Waals surface area contributed by atoms with E-state index in [1.807, 2.05) is 52.7 Å². The topological polar surface area (TPSA) is 88.2 Å². The summed E-state index contributed by atoms with van der Waals surface area (Å²) in [6.07, 6.45) is 1.24. The van der Waals surface area contributed by atoms with Gasteiger partial charge in [0, 0.05) is 42.9 Å². The van der Waals surface area contributed by atoms with Crippen LogP contribution in [0.25, 0.3) is 0 Å². The quantitative estimate of drug-likeness (QED) is 0.503. The number of carbonyl (C=O) groups is 3. The first-order valence-corrected chi connectivity index (χ1v) is 13.6. The van der Waals surface area contributed by atoms with Gasteiger partial charge in [-0.05, 0) is 41.3 Å². The zero-order valence-corrected chi connectivity index (χ0v) is 22.1. The Balaban J connectivity index is 1.34. The molecule has 2 saturated heterocycles. The molecule has 0 saturated carbocycles. The second kappa shape index (κ2) is 11.4. The molecule has 2 aliphatic heterocycles. The van der Waals surface area contributed by atoms with Gasteiger partial charge in [-0.1, -0.05) is 36.4 Å². The van der Waals surface area contributed by atoms with Crippen LogP contribution in [0.1, 0.15) is 33.6 Å². The van der Waals surface area contributed by atoms with Gasteiger partial charge in [0.1, 0.15) is 17.5 Å². The number of ether oxygens (including phenoxy) is 2. The van der Waals surface area contributed by atoms with Crippen molar-refractivity contribution in [1.82, 2.24) is 15.1 Å². The molecule has 198 valence electrons. The van der Waals surface area contributed by atoms with E-state index in [4.69, 9.17) is 9.47 Å². The monoisotopic (exact) mass is 533 g/mol. The summed E-state index contributed by atoms with van der Waals surface area (Å²) in [4.78, 5) is 44.6. The van der Waals surface area contributed by atoms with Crippen LogP contribution in [-0.2, 0) is 27.3 Å². The predicted octanol–water partition coefficient (Wildman–Crippen LogP) is 3.48. The highest BCUT2D eigenvalue weighted by Crippen LogP contribution is 2.39. The van der Waals surface area contributed by atoms with Crippen molar-refractivity contribution in [3.63, 3.8) is 0 Å². The Bertz CT molecular complexity index is 1260. The van der Waals surface area contributed by atoms with Gasteiger partial charge in [0.25, 0.3) is 5.91 Å². The molecule has 1 atom stereocenters. The molecule has 1 N–H and O–H groups in total. The molecule has 8 nitrogen and oxygen atoms in total. The van der Waals surface area contributed by atoms with Crippen molar-refractivity contribution in [2.75, 3.05) is 26.8 Å². The molecule has 38 heavy (non-hydrogen) atoms. The summed E-state index contributed by atoms with van der Waals surface area (Å²) in [5.74, 6) is 0.168. The second-order valence-electron chi connectivity index (χ2n) is 9.52. The lowest BCUT2D eigenvalue weighted by Crippen LogP contribution is -2.59. The fourth-order valence-electron chi connectivity index (χ4n) is 5.12. The van der Waals surface area contributed by atoms with Gasteiger partial charge in [-0.15, -0.1) is 11.3 Å². The van der Waals surface area contributed by atoms with Crippen LogP contribution >= 0.6 is 11.3 Å². The Kier molecular flexibility index (Phi) is 7.76. The first-order chi connectivity index (χ1) is 18.5. The summed E-state index contributed by atoms with van der Waals surface area (Å²) in [6, 6.07) is 19.6. The number of benzene rings is 2. The number of nitrogens with zero attached hydrogens (tertiary/aromatic N) is 2. The molecular weight excluding hydrogens is 502 g/mol. The minimum atomic E-state index is -0.953. The van der Waals surface area contributed by atoms with Crippen molar-refractivity contribution in [3.05, 3.63) is 88.1 Å². The Morgan fingerprint density at radius 2 is 1.76 bits per heavy atom. The van der Waals surface area contributed by atoms with Gasteiger partial charge >= 0.3 is 0 Å². The third-order valence-corrected chi connectivity index (χ3v) is 8.11. The number of methoxy groups -OCH3 is 1. The standard InChI is InChI=1S/C29H31N3O5S/c1-36-23-11-9-22(10-12-23)28(35)32-25(27(34)30-19-21-6-3-2-4-7-21)20-37-29(32)13-15-31(16-14-29)26(33)18-24-8-5-17-38-24/h2-12,17,25H,13-16,18-20H2,1H3,(H,30,34)/t25-/m1/s1. The van der Waals surface area contributed by atoms with E-state index in [-0.39, 0.29) is 24.3 Å². The highest BCUT2D eigenvalue weighted by Gasteiger charge is 2.54. The average molecular weight is 534 g/mol. The van der Waals surface area contributed by atoms with Gasteiger partial charge in [-0.2, -0.15) is 0 Å². The number of thiophene rings is 1. The highest BCUT2D eigenvalue weighted by atomic mass is 32.1. The number of amides is 3. The minimum absolute atomic E-state index is 0.0606. The van der Waals surface area contributed by atoms with E-state index in [0.29, 0.717) is 50.2 Å². The molecule has 2 fully saturated rings. The molecule has 9 heteroatoms. The predicted molar refractivity (Wildman–Crippen MR) is 144 cm³/mol. The highest BCUT2D eigenvalue weighted by molar-refractivity contribution is 7.10. The number of nitrogens with one attached hydrogen (secondary N) is 1. The van der Waals surface area contributed by atoms with Crippen molar-refractivity contribution >= 4 is 29.1 Å². The summed E-state index contributed by atoms with van der Waals surface area (Å²) in [5.41, 5.74) is 0.471. The van der Waals surface area contributed by atoms with Crippen molar-refractivity contribution in [2.24, 2.45) is 0 Å². The maximum Gasteiger partial charge on any atom is 0.256 e. The van der Waals surface area contributed by atoms with E-state index in [1.165, 1.54) is 0 Å². The number of likely N-dealkylation sites (tertiary alicyclic amines) is 1. The van der Waals surface area contributed by atoms with Crippen LogP contribution in [-0.4, -0.2) is 66.1 Å². The lowest BCUT2D eigenvalue weighted by atomic mass is 9.96. The summed E-state index contributed by atoms with van der Waals surface area (Å²) >= 11 is 1.57. The van der Waals surface area contributed by atoms with Crippen LogP contribution in [0.15, 0.2) is 72.1 Å². The third kappa shape index (κ3) is 5.44. The van der Waals surface area contributed by atoms with Crippen LogP contribution < -0.4 is 10.1 Å². The first kappa shape index (κ1) is 25.9. The van der Waals surface area contributed by atoms with Gasteiger partial charge in [0.2, 0.25) is 11.8 Å². The Labute approximate surface area is 226 Å². The second-order valence-corrected chi connectivity index (χ2v) is 10.5. The number of rotatable bonds is 7. The van der Waals surface area contributed by atoms with Crippen LogP contribution in [0.2, 0.25) is 0 Å². The SMILES string of the molecule is COc1ccc(C(=O)N2[C@@H](C(=O)NCc3ccccc3)COC23CCN(C(=O)Cc2cccs2)CC3)cc1. The van der Waals surface area contributed by atoms with Gasteiger partial charge < -0.3 is 19.7 Å². The largest absolute Gasteiger partial charge is 0.497 e. The fraction of sp³-hybridized carbons (Fsp3) is 0.345. The normalized spacial score (nSPS) is 18.4. The molecule has 0 radical (unpaired) electrons. The molecule has 2 aromatic carbocycles. The summed E-state index contributed by atoms with van der Waals surface area (Å²) < 4.78 is 11.5. The lowest BCUT2D eigenvalue weighted by molar-refractivity contribution is -0.143. The lowest BCUT2D eigenvalue weighted by Gasteiger charge is -2.44. The smallest absolute Gasteiger partial charge is 0.256 e. The van der Waals surface area contributed by atoms with Gasteiger partial charge in [0.15, 0.2) is 0 Å². The van der Waals surface area contributed by atoms with Crippen molar-refractivity contribution in [2.45, 2.75) is 37.6 Å². The molecule has 0 aliphatic carbocycles. The maximum absolute atomic E-state index is 13.9. The van der Waals surface area contributed by atoms with E-state index in [9.17, 15) is 14.4 Å². The summed E-state index contributed by atoms with van der Waals surface area (Å²) in [5, 5.41) is 4.94. The van der Waals surface area contributed by atoms with Crippen molar-refractivity contribution in [3.8, 4) is 5.75 Å². The molecule has 3 aromatic rings. The number of carbonyl (C=O) groups excluding carboxylic acids is 3. The molecule has 0 bridgehead atoms. The summed E-state index contributed by atoms with van der Waals surface area (Å²) in [7, 11) is 1.57. The minimum Gasteiger partial charge on any atom is -0.497 e. The molecule has 3 heterocycles. The van der Waals surface area contributed by atoms with Crippen molar-refractivity contribution in [1.29, 1.82) is 0 Å². The van der Waals surface area contributed by atoms with E-state index in [1.54, 1.807) is 47.6 Å². The van der Waals surface area contributed by atoms with Gasteiger partial charge in [-0.3, -0.25) is 19.3 Å². The molecule has 0 unspecified atom stereocenters. The molecule has 3 amide bonds. The van der Waals surface area contributed by atoms with Gasteiger partial charge in [-0.25, -0.2) is 0 Å². The number of hydrogen-bond donors (Lipinski definition) is 1. The number of piperidine rings is 1. The van der Waals surface area contributed by atoms with Crippen LogP contribution in [0.5, 0.6) is 5.75 Å². The molecule has 1 aromatic heterocycles. The Hall–Kier alpha value is -3.69.